The van der Waals surface area contributed by atoms with E-state index in [-0.39, 0.29) is 12.5 Å². The van der Waals surface area contributed by atoms with Crippen LogP contribution in [0.2, 0.25) is 0 Å². The van der Waals surface area contributed by atoms with Crippen LogP contribution >= 0.6 is 0 Å². The number of aliphatic carboxylic acids is 1. The molecule has 19 heavy (non-hydrogen) atoms. The molecule has 0 fully saturated rings. The van der Waals surface area contributed by atoms with Crippen molar-refractivity contribution in [2.24, 2.45) is 5.41 Å². The number of hydrogen-bond acceptors (Lipinski definition) is 3. The molecule has 0 saturated carbocycles. The molecule has 3 N–H and O–H groups in total. The van der Waals surface area contributed by atoms with Crippen LogP contribution in [0.5, 0.6) is 0 Å². The Morgan fingerprint density at radius 2 is 2.16 bits per heavy atom. The van der Waals surface area contributed by atoms with Gasteiger partial charge in [-0.1, -0.05) is 6.07 Å². The van der Waals surface area contributed by atoms with Crippen LogP contribution in [0, 0.1) is 5.41 Å². The van der Waals surface area contributed by atoms with Crippen molar-refractivity contribution >= 4 is 17.6 Å². The molecule has 1 aliphatic rings. The van der Waals surface area contributed by atoms with Gasteiger partial charge in [-0.3, -0.25) is 9.59 Å². The summed E-state index contributed by atoms with van der Waals surface area (Å²) < 4.78 is 0. The van der Waals surface area contributed by atoms with E-state index < -0.39 is 11.4 Å². The van der Waals surface area contributed by atoms with Crippen LogP contribution in [0.25, 0.3) is 0 Å². The summed E-state index contributed by atoms with van der Waals surface area (Å²) in [6.45, 7) is 4.00. The highest BCUT2D eigenvalue weighted by Gasteiger charge is 2.34. The van der Waals surface area contributed by atoms with Gasteiger partial charge in [0, 0.05) is 24.3 Å². The summed E-state index contributed by atoms with van der Waals surface area (Å²) in [5.41, 5.74) is 6.86. The summed E-state index contributed by atoms with van der Waals surface area (Å²) >= 11 is 0. The van der Waals surface area contributed by atoms with Gasteiger partial charge in [-0.25, -0.2) is 0 Å². The van der Waals surface area contributed by atoms with E-state index in [9.17, 15) is 9.59 Å². The maximum absolute atomic E-state index is 12.3. The van der Waals surface area contributed by atoms with Crippen molar-refractivity contribution in [3.05, 3.63) is 29.3 Å². The number of nitrogen functional groups attached to an aromatic ring is 1. The minimum atomic E-state index is -0.951. The lowest BCUT2D eigenvalue weighted by atomic mass is 9.90. The van der Waals surface area contributed by atoms with Crippen LogP contribution in [-0.4, -0.2) is 35.0 Å². The number of fused-ring (bicyclic) bond motifs is 1. The molecule has 0 unspecified atom stereocenters. The van der Waals surface area contributed by atoms with Crippen LogP contribution in [0.3, 0.4) is 0 Å². The predicted octanol–water partition coefficient (Wildman–Crippen LogP) is 1.38. The molecule has 0 radical (unpaired) electrons. The summed E-state index contributed by atoms with van der Waals surface area (Å²) in [7, 11) is 0. The zero-order valence-electron chi connectivity index (χ0n) is 11.1. The van der Waals surface area contributed by atoms with E-state index >= 15 is 0 Å². The third-order valence-corrected chi connectivity index (χ3v) is 3.47. The molecular formula is C14H18N2O3. The Balaban J connectivity index is 2.24. The van der Waals surface area contributed by atoms with Crippen LogP contribution in [0.15, 0.2) is 18.2 Å². The summed E-state index contributed by atoms with van der Waals surface area (Å²) in [6, 6.07) is 5.31. The number of nitrogens with two attached hydrogens (primary N) is 1. The molecule has 0 saturated heterocycles. The zero-order chi connectivity index (χ0) is 14.2. The van der Waals surface area contributed by atoms with Crippen molar-refractivity contribution in [3.8, 4) is 0 Å². The monoisotopic (exact) mass is 262 g/mol. The molecule has 0 aliphatic carbocycles. The molecule has 102 valence electrons. The van der Waals surface area contributed by atoms with Crippen LogP contribution in [0.1, 0.15) is 29.8 Å². The number of nitrogens with zero attached hydrogens (tertiary/aromatic N) is 1. The number of carbonyl (C=O) groups is 2. The minimum Gasteiger partial charge on any atom is -0.481 e. The van der Waals surface area contributed by atoms with Crippen molar-refractivity contribution in [2.45, 2.75) is 20.3 Å². The average Bonchev–Trinajstić information content (AvgIpc) is 2.33. The minimum absolute atomic E-state index is 0.136. The fraction of sp³-hybridized carbons (Fsp3) is 0.429. The first-order chi connectivity index (χ1) is 8.81. The van der Waals surface area contributed by atoms with Gasteiger partial charge < -0.3 is 15.7 Å². The highest BCUT2D eigenvalue weighted by atomic mass is 16.4. The molecule has 1 aliphatic heterocycles. The normalized spacial score (nSPS) is 15.3. The van der Waals surface area contributed by atoms with Crippen LogP contribution in [0.4, 0.5) is 5.69 Å². The van der Waals surface area contributed by atoms with E-state index in [2.05, 4.69) is 0 Å². The lowest BCUT2D eigenvalue weighted by Gasteiger charge is -2.33. The van der Waals surface area contributed by atoms with E-state index in [4.69, 9.17) is 10.8 Å². The Hall–Kier alpha value is -2.04. The molecule has 1 amide bonds. The fourth-order valence-electron chi connectivity index (χ4n) is 2.23. The summed E-state index contributed by atoms with van der Waals surface area (Å²) in [5, 5.41) is 9.14. The molecule has 1 aromatic rings. The highest BCUT2D eigenvalue weighted by molar-refractivity contribution is 5.97. The Labute approximate surface area is 112 Å². The molecule has 1 heterocycles. The number of benzene rings is 1. The maximum atomic E-state index is 12.3. The summed E-state index contributed by atoms with van der Waals surface area (Å²) in [4.78, 5) is 25.1. The SMILES string of the molecule is CC(C)(CN1CCc2ccc(N)cc2C1=O)C(=O)O. The molecule has 0 bridgehead atoms. The van der Waals surface area contributed by atoms with Crippen molar-refractivity contribution in [2.75, 3.05) is 18.8 Å². The number of carboxylic acids is 1. The molecule has 0 atom stereocenters. The van der Waals surface area contributed by atoms with Gasteiger partial charge in [0.25, 0.3) is 5.91 Å². The van der Waals surface area contributed by atoms with Gasteiger partial charge in [-0.05, 0) is 38.0 Å². The van der Waals surface area contributed by atoms with Crippen LogP contribution in [-0.2, 0) is 11.2 Å². The first-order valence-electron chi connectivity index (χ1n) is 6.22. The number of amides is 1. The standard InChI is InChI=1S/C14H18N2O3/c1-14(2,13(18)19)8-16-6-5-9-3-4-10(15)7-11(9)12(16)17/h3-4,7H,5-6,8,15H2,1-2H3,(H,18,19). The molecule has 1 aromatic carbocycles. The number of anilines is 1. The summed E-state index contributed by atoms with van der Waals surface area (Å²) in [6.07, 6.45) is 0.733. The van der Waals surface area contributed by atoms with Crippen molar-refractivity contribution in [1.82, 2.24) is 4.90 Å². The largest absolute Gasteiger partial charge is 0.481 e. The Morgan fingerprint density at radius 3 is 2.79 bits per heavy atom. The van der Waals surface area contributed by atoms with Gasteiger partial charge in [0.05, 0.1) is 5.41 Å². The van der Waals surface area contributed by atoms with Gasteiger partial charge in [0.15, 0.2) is 0 Å². The quantitative estimate of drug-likeness (QED) is 0.806. The first kappa shape index (κ1) is 13.4. The molecule has 0 spiro atoms. The van der Waals surface area contributed by atoms with Gasteiger partial charge in [-0.15, -0.1) is 0 Å². The van der Waals surface area contributed by atoms with E-state index in [0.717, 1.165) is 12.0 Å². The summed E-state index contributed by atoms with van der Waals surface area (Å²) in [5.74, 6) is -1.04. The maximum Gasteiger partial charge on any atom is 0.310 e. The van der Waals surface area contributed by atoms with E-state index in [1.165, 1.54) is 0 Å². The van der Waals surface area contributed by atoms with Gasteiger partial charge in [-0.2, -0.15) is 0 Å². The third-order valence-electron chi connectivity index (χ3n) is 3.47. The highest BCUT2D eigenvalue weighted by Crippen LogP contribution is 2.25. The number of carbonyl (C=O) groups excluding carboxylic acids is 1. The Kier molecular flexibility index (Phi) is 3.22. The number of carboxylic acid groups (broad SMARTS) is 1. The van der Waals surface area contributed by atoms with Crippen LogP contribution < -0.4 is 5.73 Å². The number of rotatable bonds is 3. The van der Waals surface area contributed by atoms with Crippen molar-refractivity contribution < 1.29 is 14.7 Å². The Morgan fingerprint density at radius 1 is 1.47 bits per heavy atom. The van der Waals surface area contributed by atoms with E-state index in [0.29, 0.717) is 17.8 Å². The second kappa shape index (κ2) is 4.57. The van der Waals surface area contributed by atoms with Crippen molar-refractivity contribution in [1.29, 1.82) is 0 Å². The smallest absolute Gasteiger partial charge is 0.310 e. The topological polar surface area (TPSA) is 83.6 Å². The predicted molar refractivity (Wildman–Crippen MR) is 71.9 cm³/mol. The molecular weight excluding hydrogens is 244 g/mol. The van der Waals surface area contributed by atoms with Gasteiger partial charge in [0.2, 0.25) is 0 Å². The Bertz CT molecular complexity index is 537. The van der Waals surface area contributed by atoms with Crippen molar-refractivity contribution in [3.63, 3.8) is 0 Å². The molecule has 5 nitrogen and oxygen atoms in total. The van der Waals surface area contributed by atoms with Gasteiger partial charge >= 0.3 is 5.97 Å². The lowest BCUT2D eigenvalue weighted by Crippen LogP contribution is -2.45. The van der Waals surface area contributed by atoms with E-state index in [1.807, 2.05) is 6.07 Å². The lowest BCUT2D eigenvalue weighted by molar-refractivity contribution is -0.147. The van der Waals surface area contributed by atoms with E-state index in [1.54, 1.807) is 30.9 Å². The zero-order valence-corrected chi connectivity index (χ0v) is 11.1. The average molecular weight is 262 g/mol. The molecule has 0 aromatic heterocycles. The van der Waals surface area contributed by atoms with Gasteiger partial charge in [0.1, 0.15) is 0 Å². The third kappa shape index (κ3) is 2.54. The first-order valence-corrected chi connectivity index (χ1v) is 6.22. The fourth-order valence-corrected chi connectivity index (χ4v) is 2.23. The molecule has 2 rings (SSSR count). The second-order valence-electron chi connectivity index (χ2n) is 5.58. The number of hydrogen-bond donors (Lipinski definition) is 2. The molecule has 5 heteroatoms. The second-order valence-corrected chi connectivity index (χ2v) is 5.58.